The van der Waals surface area contributed by atoms with Gasteiger partial charge in [-0.3, -0.25) is 0 Å². The van der Waals surface area contributed by atoms with Gasteiger partial charge in [0.2, 0.25) is 0 Å². The van der Waals surface area contributed by atoms with Crippen LogP contribution in [-0.4, -0.2) is 54.8 Å². The van der Waals surface area contributed by atoms with E-state index in [-0.39, 0.29) is 6.54 Å². The number of nitrogens with zero attached hydrogens (tertiary/aromatic N) is 1. The molecule has 21 heavy (non-hydrogen) atoms. The first-order valence-corrected chi connectivity index (χ1v) is 8.57. The van der Waals surface area contributed by atoms with Crippen LogP contribution < -0.4 is 11.5 Å². The summed E-state index contributed by atoms with van der Waals surface area (Å²) in [5, 5.41) is 9.13. The Balaban J connectivity index is 4.01. The average Bonchev–Trinajstić information content (AvgIpc) is 2.41. The molecule has 0 fully saturated rings. The molecule has 5 N–H and O–H groups in total. The molecule has 5 heteroatoms. The van der Waals surface area contributed by atoms with Crippen molar-refractivity contribution in [2.45, 2.75) is 58.3 Å². The van der Waals surface area contributed by atoms with Crippen molar-refractivity contribution in [3.8, 4) is 0 Å². The van der Waals surface area contributed by atoms with Crippen LogP contribution in [0.3, 0.4) is 0 Å². The summed E-state index contributed by atoms with van der Waals surface area (Å²) in [6.07, 6.45) is 10.1. The van der Waals surface area contributed by atoms with Gasteiger partial charge in [-0.05, 0) is 12.8 Å². The van der Waals surface area contributed by atoms with Gasteiger partial charge >= 0.3 is 5.97 Å². The van der Waals surface area contributed by atoms with Crippen molar-refractivity contribution < 1.29 is 14.4 Å². The largest absolute Gasteiger partial charge is 0.477 e. The number of rotatable bonds is 15. The summed E-state index contributed by atoms with van der Waals surface area (Å²) in [4.78, 5) is 11.1. The van der Waals surface area contributed by atoms with Gasteiger partial charge < -0.3 is 21.1 Å². The van der Waals surface area contributed by atoms with E-state index in [1.807, 2.05) is 0 Å². The molecule has 0 aliphatic heterocycles. The number of hydrogen-bond donors (Lipinski definition) is 3. The number of aliphatic carboxylic acids is 1. The smallest absolute Gasteiger partial charge is 0.359 e. The van der Waals surface area contributed by atoms with Crippen LogP contribution in [0.15, 0.2) is 0 Å². The van der Waals surface area contributed by atoms with E-state index in [1.54, 1.807) is 0 Å². The average molecular weight is 302 g/mol. The number of carbonyl (C=O) groups is 1. The molecule has 0 aliphatic rings. The standard InChI is InChI=1S/C16H35N3O2/c1-2-3-4-5-6-7-8-9-12-19(13-10-17,14-11-18)15-16(20)21/h2-15,17-18H2,1H3/p+1. The van der Waals surface area contributed by atoms with Crippen molar-refractivity contribution in [3.05, 3.63) is 0 Å². The molecule has 126 valence electrons. The summed E-state index contributed by atoms with van der Waals surface area (Å²) in [6.45, 7) is 5.71. The molecule has 0 saturated heterocycles. The Labute approximate surface area is 130 Å². The number of quaternary nitrogens is 1. The number of carboxylic acid groups (broad SMARTS) is 1. The maximum atomic E-state index is 11.1. The van der Waals surface area contributed by atoms with Crippen LogP contribution in [0.1, 0.15) is 58.3 Å². The van der Waals surface area contributed by atoms with Gasteiger partial charge in [-0.1, -0.05) is 45.4 Å². The van der Waals surface area contributed by atoms with Crippen LogP contribution in [0, 0.1) is 0 Å². The molecule has 0 aromatic heterocycles. The lowest BCUT2D eigenvalue weighted by Crippen LogP contribution is -2.56. The minimum atomic E-state index is -0.753. The molecule has 0 aromatic rings. The second-order valence-electron chi connectivity index (χ2n) is 6.12. The number of unbranched alkanes of at least 4 members (excludes halogenated alkanes) is 7. The van der Waals surface area contributed by atoms with E-state index in [0.717, 1.165) is 13.0 Å². The van der Waals surface area contributed by atoms with E-state index >= 15 is 0 Å². The molecule has 0 bridgehead atoms. The highest BCUT2D eigenvalue weighted by Gasteiger charge is 2.28. The van der Waals surface area contributed by atoms with Crippen LogP contribution in [0.2, 0.25) is 0 Å². The van der Waals surface area contributed by atoms with Crippen molar-refractivity contribution >= 4 is 5.97 Å². The highest BCUT2D eigenvalue weighted by Crippen LogP contribution is 2.12. The first-order chi connectivity index (χ1) is 10.1. The summed E-state index contributed by atoms with van der Waals surface area (Å²) in [6, 6.07) is 0. The summed E-state index contributed by atoms with van der Waals surface area (Å²) in [5.74, 6) is -0.753. The Morgan fingerprint density at radius 3 is 1.76 bits per heavy atom. The predicted octanol–water partition coefficient (Wildman–Crippen LogP) is 1.95. The second kappa shape index (κ2) is 13.0. The molecule has 0 aromatic carbocycles. The number of nitrogens with two attached hydrogens (primary N) is 2. The Morgan fingerprint density at radius 1 is 0.857 bits per heavy atom. The fourth-order valence-electron chi connectivity index (χ4n) is 2.99. The lowest BCUT2D eigenvalue weighted by atomic mass is 10.1. The summed E-state index contributed by atoms with van der Waals surface area (Å²) >= 11 is 0. The Hall–Kier alpha value is -0.650. The van der Waals surface area contributed by atoms with Crippen LogP contribution in [-0.2, 0) is 4.79 Å². The quantitative estimate of drug-likeness (QED) is 0.318. The van der Waals surface area contributed by atoms with E-state index in [9.17, 15) is 4.79 Å². The maximum absolute atomic E-state index is 11.1. The minimum Gasteiger partial charge on any atom is -0.477 e. The third kappa shape index (κ3) is 10.7. The molecular formula is C16H36N3O2+. The third-order valence-corrected chi connectivity index (χ3v) is 4.16. The SMILES string of the molecule is CCCCCCCCCC[N+](CCN)(CCN)CC(=O)O. The molecule has 0 rings (SSSR count). The zero-order valence-electron chi connectivity index (χ0n) is 13.9. The van der Waals surface area contributed by atoms with Crippen LogP contribution >= 0.6 is 0 Å². The van der Waals surface area contributed by atoms with Gasteiger partial charge in [0.15, 0.2) is 6.54 Å². The second-order valence-corrected chi connectivity index (χ2v) is 6.12. The lowest BCUT2D eigenvalue weighted by Gasteiger charge is -2.37. The fraction of sp³-hybridized carbons (Fsp3) is 0.938. The number of carboxylic acids is 1. The Morgan fingerprint density at radius 2 is 1.33 bits per heavy atom. The van der Waals surface area contributed by atoms with E-state index in [1.165, 1.54) is 44.9 Å². The van der Waals surface area contributed by atoms with Gasteiger partial charge in [0.25, 0.3) is 0 Å². The maximum Gasteiger partial charge on any atom is 0.359 e. The van der Waals surface area contributed by atoms with Gasteiger partial charge in [0, 0.05) is 13.1 Å². The first kappa shape index (κ1) is 20.3. The molecule has 0 unspecified atom stereocenters. The molecule has 0 heterocycles. The molecule has 0 saturated carbocycles. The van der Waals surface area contributed by atoms with Gasteiger partial charge in [-0.25, -0.2) is 4.79 Å². The van der Waals surface area contributed by atoms with Gasteiger partial charge in [0.1, 0.15) is 0 Å². The van der Waals surface area contributed by atoms with Crippen molar-refractivity contribution in [3.63, 3.8) is 0 Å². The summed E-state index contributed by atoms with van der Waals surface area (Å²) in [5.41, 5.74) is 11.3. The van der Waals surface area contributed by atoms with E-state index < -0.39 is 5.97 Å². The predicted molar refractivity (Wildman–Crippen MR) is 88.1 cm³/mol. The third-order valence-electron chi connectivity index (χ3n) is 4.16. The van der Waals surface area contributed by atoms with Crippen LogP contribution in [0.4, 0.5) is 0 Å². The van der Waals surface area contributed by atoms with E-state index in [0.29, 0.717) is 30.7 Å². The molecule has 0 aliphatic carbocycles. The monoisotopic (exact) mass is 302 g/mol. The first-order valence-electron chi connectivity index (χ1n) is 8.57. The zero-order chi connectivity index (χ0) is 16.0. The Bertz CT molecular complexity index is 254. The van der Waals surface area contributed by atoms with Gasteiger partial charge in [-0.15, -0.1) is 0 Å². The topological polar surface area (TPSA) is 89.3 Å². The molecule has 0 spiro atoms. The summed E-state index contributed by atoms with van der Waals surface area (Å²) < 4.78 is 0.540. The van der Waals surface area contributed by atoms with E-state index in [2.05, 4.69) is 6.92 Å². The normalized spacial score (nSPS) is 11.8. The lowest BCUT2D eigenvalue weighted by molar-refractivity contribution is -0.919. The fourth-order valence-corrected chi connectivity index (χ4v) is 2.99. The van der Waals surface area contributed by atoms with Crippen molar-refractivity contribution in [2.75, 3.05) is 39.3 Å². The molecule has 0 amide bonds. The zero-order valence-corrected chi connectivity index (χ0v) is 13.9. The molecule has 5 nitrogen and oxygen atoms in total. The van der Waals surface area contributed by atoms with E-state index in [4.69, 9.17) is 16.6 Å². The van der Waals surface area contributed by atoms with Gasteiger partial charge in [-0.2, -0.15) is 0 Å². The number of hydrogen-bond acceptors (Lipinski definition) is 3. The molecule has 0 atom stereocenters. The van der Waals surface area contributed by atoms with Crippen molar-refractivity contribution in [1.82, 2.24) is 0 Å². The molecular weight excluding hydrogens is 266 g/mol. The van der Waals surface area contributed by atoms with Crippen LogP contribution in [0.5, 0.6) is 0 Å². The van der Waals surface area contributed by atoms with Crippen molar-refractivity contribution in [2.24, 2.45) is 11.5 Å². The summed E-state index contributed by atoms with van der Waals surface area (Å²) in [7, 11) is 0. The minimum absolute atomic E-state index is 0.144. The highest BCUT2D eigenvalue weighted by atomic mass is 16.4. The highest BCUT2D eigenvalue weighted by molar-refractivity contribution is 5.67. The van der Waals surface area contributed by atoms with Gasteiger partial charge in [0.05, 0.1) is 19.6 Å². The van der Waals surface area contributed by atoms with Crippen molar-refractivity contribution in [1.29, 1.82) is 0 Å². The Kier molecular flexibility index (Phi) is 12.6. The van der Waals surface area contributed by atoms with Crippen LogP contribution in [0.25, 0.3) is 0 Å². The molecule has 0 radical (unpaired) electrons.